The van der Waals surface area contributed by atoms with Crippen LogP contribution < -0.4 is 4.90 Å². The molecule has 0 atom stereocenters. The van der Waals surface area contributed by atoms with Crippen molar-refractivity contribution in [2.24, 2.45) is 0 Å². The zero-order valence-corrected chi connectivity index (χ0v) is 7.40. The van der Waals surface area contributed by atoms with Crippen LogP contribution in [0.3, 0.4) is 0 Å². The molecular formula is C8H10FNS. The van der Waals surface area contributed by atoms with Crippen LogP contribution >= 0.6 is 12.6 Å². The lowest BCUT2D eigenvalue weighted by Gasteiger charge is -2.12. The maximum atomic E-state index is 13.0. The van der Waals surface area contributed by atoms with Gasteiger partial charge in [0.25, 0.3) is 0 Å². The van der Waals surface area contributed by atoms with E-state index < -0.39 is 0 Å². The molecule has 0 saturated heterocycles. The highest BCUT2D eigenvalue weighted by Crippen LogP contribution is 2.19. The van der Waals surface area contributed by atoms with Crippen LogP contribution in [-0.4, -0.2) is 14.1 Å². The Kier molecular flexibility index (Phi) is 2.39. The number of halogens is 1. The molecule has 0 aliphatic heterocycles. The Hall–Kier alpha value is -0.700. The Bertz CT molecular complexity index is 260. The molecule has 0 radical (unpaired) electrons. The normalized spacial score (nSPS) is 9.82. The fourth-order valence-corrected chi connectivity index (χ4v) is 1.05. The summed E-state index contributed by atoms with van der Waals surface area (Å²) >= 11 is 4.01. The van der Waals surface area contributed by atoms with Gasteiger partial charge in [0.1, 0.15) is 5.82 Å². The molecule has 0 heterocycles. The molecule has 1 rings (SSSR count). The molecule has 3 heteroatoms. The van der Waals surface area contributed by atoms with E-state index in [1.54, 1.807) is 31.1 Å². The number of nitrogens with zero attached hydrogens (tertiary/aromatic N) is 1. The molecule has 0 aliphatic rings. The molecule has 0 fully saturated rings. The molecule has 60 valence electrons. The third-order valence-electron chi connectivity index (χ3n) is 1.41. The number of hydrogen-bond acceptors (Lipinski definition) is 2. The molecule has 1 aromatic rings. The number of hydrogen-bond donors (Lipinski definition) is 1. The van der Waals surface area contributed by atoms with E-state index >= 15 is 0 Å². The minimum absolute atomic E-state index is 0.234. The van der Waals surface area contributed by atoms with Crippen molar-refractivity contribution in [2.75, 3.05) is 19.0 Å². The van der Waals surface area contributed by atoms with Crippen molar-refractivity contribution < 1.29 is 4.39 Å². The van der Waals surface area contributed by atoms with Gasteiger partial charge in [-0.3, -0.25) is 0 Å². The van der Waals surface area contributed by atoms with Gasteiger partial charge in [-0.15, -0.1) is 12.6 Å². The van der Waals surface area contributed by atoms with Gasteiger partial charge in [-0.05, 0) is 18.2 Å². The van der Waals surface area contributed by atoms with E-state index in [0.29, 0.717) is 10.6 Å². The van der Waals surface area contributed by atoms with Crippen LogP contribution in [0.4, 0.5) is 10.1 Å². The summed E-state index contributed by atoms with van der Waals surface area (Å²) in [7, 11) is 3.60. The second kappa shape index (κ2) is 3.13. The molecule has 1 nitrogen and oxygen atoms in total. The van der Waals surface area contributed by atoms with Crippen LogP contribution in [0.25, 0.3) is 0 Å². The number of thiol groups is 1. The van der Waals surface area contributed by atoms with Crippen LogP contribution in [-0.2, 0) is 0 Å². The first-order valence-electron chi connectivity index (χ1n) is 3.27. The third-order valence-corrected chi connectivity index (χ3v) is 1.69. The topological polar surface area (TPSA) is 3.24 Å². The Morgan fingerprint density at radius 2 is 2.00 bits per heavy atom. The Balaban J connectivity index is 3.09. The lowest BCUT2D eigenvalue weighted by Crippen LogP contribution is -2.10. The van der Waals surface area contributed by atoms with Gasteiger partial charge >= 0.3 is 0 Å². The number of anilines is 1. The molecule has 0 unspecified atom stereocenters. The Morgan fingerprint density at radius 1 is 1.36 bits per heavy atom. The zero-order valence-electron chi connectivity index (χ0n) is 6.50. The van der Waals surface area contributed by atoms with Crippen LogP contribution in [0.1, 0.15) is 0 Å². The predicted octanol–water partition coefficient (Wildman–Crippen LogP) is 2.18. The van der Waals surface area contributed by atoms with Crippen molar-refractivity contribution >= 4 is 18.3 Å². The lowest BCUT2D eigenvalue weighted by atomic mass is 10.3. The fraction of sp³-hybridized carbons (Fsp3) is 0.250. The standard InChI is InChI=1S/C8H10FNS/c1-10(2)8-4-3-6(11)5-7(8)9/h3-5,11H,1-2H3. The van der Waals surface area contributed by atoms with E-state index in [1.807, 2.05) is 0 Å². The minimum Gasteiger partial charge on any atom is -0.375 e. The highest BCUT2D eigenvalue weighted by molar-refractivity contribution is 7.80. The van der Waals surface area contributed by atoms with Crippen molar-refractivity contribution in [1.82, 2.24) is 0 Å². The summed E-state index contributed by atoms with van der Waals surface area (Å²) < 4.78 is 13.0. The first kappa shape index (κ1) is 8.40. The maximum Gasteiger partial charge on any atom is 0.147 e. The largest absolute Gasteiger partial charge is 0.375 e. The summed E-state index contributed by atoms with van der Waals surface area (Å²) in [5.74, 6) is -0.234. The predicted molar refractivity (Wildman–Crippen MR) is 48.0 cm³/mol. The highest BCUT2D eigenvalue weighted by Gasteiger charge is 2.02. The van der Waals surface area contributed by atoms with Crippen molar-refractivity contribution in [1.29, 1.82) is 0 Å². The summed E-state index contributed by atoms with van der Waals surface area (Å²) in [4.78, 5) is 2.37. The monoisotopic (exact) mass is 171 g/mol. The van der Waals surface area contributed by atoms with Gasteiger partial charge < -0.3 is 4.90 Å². The van der Waals surface area contributed by atoms with Gasteiger partial charge in [0.15, 0.2) is 0 Å². The molecule has 0 bridgehead atoms. The van der Waals surface area contributed by atoms with E-state index in [1.165, 1.54) is 6.07 Å². The average molecular weight is 171 g/mol. The molecule has 0 N–H and O–H groups in total. The van der Waals surface area contributed by atoms with Crippen molar-refractivity contribution in [3.63, 3.8) is 0 Å². The molecular weight excluding hydrogens is 161 g/mol. The number of rotatable bonds is 1. The highest BCUT2D eigenvalue weighted by atomic mass is 32.1. The van der Waals surface area contributed by atoms with Gasteiger partial charge in [0, 0.05) is 19.0 Å². The number of benzene rings is 1. The summed E-state index contributed by atoms with van der Waals surface area (Å²) in [5.41, 5.74) is 0.586. The molecule has 0 spiro atoms. The summed E-state index contributed by atoms with van der Waals surface area (Å²) in [6.45, 7) is 0. The average Bonchev–Trinajstić information content (AvgIpc) is 1.85. The van der Waals surface area contributed by atoms with Gasteiger partial charge in [-0.25, -0.2) is 4.39 Å². The maximum absolute atomic E-state index is 13.0. The van der Waals surface area contributed by atoms with Crippen LogP contribution in [0.15, 0.2) is 23.1 Å². The molecule has 1 aromatic carbocycles. The Labute approximate surface area is 71.2 Å². The first-order chi connectivity index (χ1) is 5.11. The van der Waals surface area contributed by atoms with Crippen molar-refractivity contribution in [3.05, 3.63) is 24.0 Å². The van der Waals surface area contributed by atoms with Crippen LogP contribution in [0.5, 0.6) is 0 Å². The minimum atomic E-state index is -0.234. The molecule has 0 amide bonds. The lowest BCUT2D eigenvalue weighted by molar-refractivity contribution is 0.623. The summed E-state index contributed by atoms with van der Waals surface area (Å²) in [6.07, 6.45) is 0. The molecule has 0 aromatic heterocycles. The SMILES string of the molecule is CN(C)c1ccc(S)cc1F. The van der Waals surface area contributed by atoms with Crippen molar-refractivity contribution in [3.8, 4) is 0 Å². The Morgan fingerprint density at radius 3 is 2.45 bits per heavy atom. The van der Waals surface area contributed by atoms with Crippen LogP contribution in [0.2, 0.25) is 0 Å². The zero-order chi connectivity index (χ0) is 8.43. The molecule has 11 heavy (non-hydrogen) atoms. The van der Waals surface area contributed by atoms with Crippen LogP contribution in [0, 0.1) is 5.82 Å². The third kappa shape index (κ3) is 1.87. The van der Waals surface area contributed by atoms with Gasteiger partial charge in [0.2, 0.25) is 0 Å². The van der Waals surface area contributed by atoms with Gasteiger partial charge in [0.05, 0.1) is 5.69 Å². The van der Waals surface area contributed by atoms with E-state index in [9.17, 15) is 4.39 Å². The quantitative estimate of drug-likeness (QED) is 0.634. The van der Waals surface area contributed by atoms with E-state index in [-0.39, 0.29) is 5.82 Å². The van der Waals surface area contributed by atoms with E-state index in [2.05, 4.69) is 12.6 Å². The first-order valence-corrected chi connectivity index (χ1v) is 3.72. The van der Waals surface area contributed by atoms with Gasteiger partial charge in [-0.1, -0.05) is 0 Å². The molecule has 0 saturated carbocycles. The van der Waals surface area contributed by atoms with E-state index in [4.69, 9.17) is 0 Å². The van der Waals surface area contributed by atoms with E-state index in [0.717, 1.165) is 0 Å². The van der Waals surface area contributed by atoms with Crippen molar-refractivity contribution in [2.45, 2.75) is 4.90 Å². The molecule has 0 aliphatic carbocycles. The second-order valence-corrected chi connectivity index (χ2v) is 3.05. The van der Waals surface area contributed by atoms with Gasteiger partial charge in [-0.2, -0.15) is 0 Å². The summed E-state index contributed by atoms with van der Waals surface area (Å²) in [5, 5.41) is 0. The fourth-order valence-electron chi connectivity index (χ4n) is 0.859. The summed E-state index contributed by atoms with van der Waals surface area (Å²) in [6, 6.07) is 4.87. The second-order valence-electron chi connectivity index (χ2n) is 2.53. The smallest absolute Gasteiger partial charge is 0.147 e.